The van der Waals surface area contributed by atoms with Crippen LogP contribution in [-0.4, -0.2) is 6.29 Å². The summed E-state index contributed by atoms with van der Waals surface area (Å²) < 4.78 is 0.906. The molecule has 2 nitrogen and oxygen atoms in total. The Morgan fingerprint density at radius 1 is 1.45 bits per heavy atom. The quantitative estimate of drug-likeness (QED) is 0.570. The van der Waals surface area contributed by atoms with Crippen molar-refractivity contribution in [2.24, 2.45) is 0 Å². The molecule has 0 bridgehead atoms. The fourth-order valence-electron chi connectivity index (χ4n) is 0.745. The third-order valence-electron chi connectivity index (χ3n) is 1.19. The van der Waals surface area contributed by atoms with Crippen LogP contribution in [0, 0.1) is 14.9 Å². The van der Waals surface area contributed by atoms with Gasteiger partial charge in [-0.3, -0.25) is 4.79 Å². The highest BCUT2D eigenvalue weighted by Crippen LogP contribution is 2.09. The maximum absolute atomic E-state index is 10.3. The summed E-state index contributed by atoms with van der Waals surface area (Å²) in [6, 6.07) is 7.00. The standard InChI is InChI=1S/C8H4INO/c9-8-2-6(4-10)1-7(3-8)5-11/h1-3,5H. The number of nitriles is 1. The van der Waals surface area contributed by atoms with Crippen molar-refractivity contribution in [1.82, 2.24) is 0 Å². The number of carbonyl (C=O) groups excluding carboxylic acids is 1. The summed E-state index contributed by atoms with van der Waals surface area (Å²) in [5.74, 6) is 0. The molecule has 1 aromatic rings. The van der Waals surface area contributed by atoms with Crippen LogP contribution in [0.15, 0.2) is 18.2 Å². The molecule has 0 heterocycles. The first-order chi connectivity index (χ1) is 5.26. The highest BCUT2D eigenvalue weighted by atomic mass is 127. The van der Waals surface area contributed by atoms with Crippen molar-refractivity contribution in [3.05, 3.63) is 32.9 Å². The molecule has 0 saturated heterocycles. The van der Waals surface area contributed by atoms with Crippen LogP contribution in [0.5, 0.6) is 0 Å². The van der Waals surface area contributed by atoms with Gasteiger partial charge in [0.1, 0.15) is 6.29 Å². The van der Waals surface area contributed by atoms with Crippen LogP contribution in [0.2, 0.25) is 0 Å². The number of aldehydes is 1. The van der Waals surface area contributed by atoms with E-state index in [2.05, 4.69) is 22.6 Å². The largest absolute Gasteiger partial charge is 0.298 e. The summed E-state index contributed by atoms with van der Waals surface area (Å²) in [4.78, 5) is 10.3. The Labute approximate surface area is 78.0 Å². The van der Waals surface area contributed by atoms with Gasteiger partial charge in [0.15, 0.2) is 0 Å². The molecule has 0 radical (unpaired) electrons. The Kier molecular flexibility index (Phi) is 2.60. The molecule has 54 valence electrons. The fourth-order valence-corrected chi connectivity index (χ4v) is 1.44. The van der Waals surface area contributed by atoms with Crippen molar-refractivity contribution >= 4 is 28.9 Å². The fraction of sp³-hybridized carbons (Fsp3) is 0. The van der Waals surface area contributed by atoms with E-state index < -0.39 is 0 Å². The zero-order valence-corrected chi connectivity index (χ0v) is 7.70. The molecule has 0 amide bonds. The second-order valence-corrected chi connectivity index (χ2v) is 3.25. The normalized spacial score (nSPS) is 8.73. The number of halogens is 1. The molecule has 1 aromatic carbocycles. The minimum atomic E-state index is 0.527. The molecule has 0 spiro atoms. The van der Waals surface area contributed by atoms with Crippen LogP contribution >= 0.6 is 22.6 Å². The van der Waals surface area contributed by atoms with E-state index in [9.17, 15) is 4.79 Å². The summed E-state index contributed by atoms with van der Waals surface area (Å²) in [6.45, 7) is 0. The Bertz CT molecular complexity index is 327. The van der Waals surface area contributed by atoms with Gasteiger partial charge >= 0.3 is 0 Å². The lowest BCUT2D eigenvalue weighted by molar-refractivity contribution is 0.112. The van der Waals surface area contributed by atoms with Gasteiger partial charge in [-0.15, -0.1) is 0 Å². The Hall–Kier alpha value is -0.890. The van der Waals surface area contributed by atoms with Gasteiger partial charge in [-0.25, -0.2) is 0 Å². The van der Waals surface area contributed by atoms with Crippen LogP contribution in [0.3, 0.4) is 0 Å². The molecule has 0 aliphatic rings. The predicted molar refractivity (Wildman–Crippen MR) is 49.3 cm³/mol. The predicted octanol–water partition coefficient (Wildman–Crippen LogP) is 1.98. The average molecular weight is 257 g/mol. The lowest BCUT2D eigenvalue weighted by Gasteiger charge is -1.93. The molecule has 11 heavy (non-hydrogen) atoms. The summed E-state index contributed by atoms with van der Waals surface area (Å²) in [5.41, 5.74) is 1.08. The number of rotatable bonds is 1. The second-order valence-electron chi connectivity index (χ2n) is 2.00. The van der Waals surface area contributed by atoms with E-state index in [1.54, 1.807) is 18.2 Å². The van der Waals surface area contributed by atoms with Crippen molar-refractivity contribution in [3.8, 4) is 6.07 Å². The zero-order chi connectivity index (χ0) is 8.27. The summed E-state index contributed by atoms with van der Waals surface area (Å²) in [6.07, 6.45) is 0.739. The minimum absolute atomic E-state index is 0.527. The summed E-state index contributed by atoms with van der Waals surface area (Å²) in [5, 5.41) is 8.51. The van der Waals surface area contributed by atoms with Crippen LogP contribution in [0.1, 0.15) is 15.9 Å². The highest BCUT2D eigenvalue weighted by molar-refractivity contribution is 14.1. The third kappa shape index (κ3) is 2.02. The molecule has 0 aliphatic heterocycles. The first kappa shape index (κ1) is 8.21. The van der Waals surface area contributed by atoms with E-state index in [0.29, 0.717) is 11.1 Å². The van der Waals surface area contributed by atoms with Gasteiger partial charge in [-0.2, -0.15) is 5.26 Å². The van der Waals surface area contributed by atoms with E-state index in [0.717, 1.165) is 9.86 Å². The Morgan fingerprint density at radius 3 is 2.73 bits per heavy atom. The molecule has 0 aliphatic carbocycles. The van der Waals surface area contributed by atoms with Crippen molar-refractivity contribution in [1.29, 1.82) is 5.26 Å². The molecule has 0 N–H and O–H groups in total. The maximum atomic E-state index is 10.3. The molecule has 3 heteroatoms. The molecule has 0 fully saturated rings. The Morgan fingerprint density at radius 2 is 2.18 bits per heavy atom. The third-order valence-corrected chi connectivity index (χ3v) is 1.81. The van der Waals surface area contributed by atoms with Crippen molar-refractivity contribution in [2.75, 3.05) is 0 Å². The van der Waals surface area contributed by atoms with E-state index >= 15 is 0 Å². The van der Waals surface area contributed by atoms with Crippen LogP contribution in [0.4, 0.5) is 0 Å². The van der Waals surface area contributed by atoms with Gasteiger partial charge in [0.25, 0.3) is 0 Å². The minimum Gasteiger partial charge on any atom is -0.298 e. The van der Waals surface area contributed by atoms with Gasteiger partial charge in [-0.05, 0) is 40.8 Å². The smallest absolute Gasteiger partial charge is 0.150 e. The molecule has 0 aromatic heterocycles. The number of carbonyl (C=O) groups is 1. The van der Waals surface area contributed by atoms with Crippen LogP contribution in [0.25, 0.3) is 0 Å². The van der Waals surface area contributed by atoms with Crippen molar-refractivity contribution < 1.29 is 4.79 Å². The molecular weight excluding hydrogens is 253 g/mol. The monoisotopic (exact) mass is 257 g/mol. The molecule has 0 saturated carbocycles. The lowest BCUT2D eigenvalue weighted by atomic mass is 10.2. The lowest BCUT2D eigenvalue weighted by Crippen LogP contribution is -1.84. The van der Waals surface area contributed by atoms with Crippen LogP contribution in [-0.2, 0) is 0 Å². The molecule has 0 atom stereocenters. The maximum Gasteiger partial charge on any atom is 0.150 e. The first-order valence-electron chi connectivity index (χ1n) is 2.92. The van der Waals surface area contributed by atoms with Gasteiger partial charge in [-0.1, -0.05) is 0 Å². The van der Waals surface area contributed by atoms with Gasteiger partial charge in [0, 0.05) is 9.13 Å². The van der Waals surface area contributed by atoms with E-state index in [1.807, 2.05) is 6.07 Å². The molecular formula is C8H4INO. The molecule has 1 rings (SSSR count). The number of nitrogens with zero attached hydrogens (tertiary/aromatic N) is 1. The van der Waals surface area contributed by atoms with E-state index in [4.69, 9.17) is 5.26 Å². The SMILES string of the molecule is N#Cc1cc(I)cc(C=O)c1. The van der Waals surface area contributed by atoms with E-state index in [-0.39, 0.29) is 0 Å². The topological polar surface area (TPSA) is 40.9 Å². The Balaban J connectivity index is 3.25. The van der Waals surface area contributed by atoms with Gasteiger partial charge < -0.3 is 0 Å². The summed E-state index contributed by atoms with van der Waals surface area (Å²) in [7, 11) is 0. The summed E-state index contributed by atoms with van der Waals surface area (Å²) >= 11 is 2.07. The van der Waals surface area contributed by atoms with E-state index in [1.165, 1.54) is 0 Å². The molecule has 0 unspecified atom stereocenters. The zero-order valence-electron chi connectivity index (χ0n) is 5.54. The van der Waals surface area contributed by atoms with Crippen LogP contribution < -0.4 is 0 Å². The average Bonchev–Trinajstić information content (AvgIpc) is 2.03. The van der Waals surface area contributed by atoms with Gasteiger partial charge in [0.05, 0.1) is 11.6 Å². The second kappa shape index (κ2) is 3.49. The van der Waals surface area contributed by atoms with Crippen molar-refractivity contribution in [3.63, 3.8) is 0 Å². The van der Waals surface area contributed by atoms with Crippen molar-refractivity contribution in [2.45, 2.75) is 0 Å². The highest BCUT2D eigenvalue weighted by Gasteiger charge is 1.96. The number of hydrogen-bond acceptors (Lipinski definition) is 2. The number of benzene rings is 1. The van der Waals surface area contributed by atoms with Gasteiger partial charge in [0.2, 0.25) is 0 Å². The number of hydrogen-bond donors (Lipinski definition) is 0. The first-order valence-corrected chi connectivity index (χ1v) is 4.00.